The molecular weight excluding hydrogens is 304 g/mol. The lowest BCUT2D eigenvalue weighted by molar-refractivity contribution is -0.120. The van der Waals surface area contributed by atoms with E-state index in [-0.39, 0.29) is 18.2 Å². The van der Waals surface area contributed by atoms with Gasteiger partial charge in [-0.25, -0.2) is 4.98 Å². The molecule has 0 fully saturated rings. The number of nitrogens with one attached hydrogen (secondary N) is 2. The Bertz CT molecular complexity index is 650. The smallest absolute Gasteiger partial charge is 0.260 e. The van der Waals surface area contributed by atoms with E-state index in [0.717, 1.165) is 6.42 Å². The summed E-state index contributed by atoms with van der Waals surface area (Å²) in [6.07, 6.45) is 2.39. The Hall–Kier alpha value is -2.19. The first kappa shape index (κ1) is 16.2. The number of hydrogen-bond donors (Lipinski definition) is 3. The second kappa shape index (κ2) is 7.71. The van der Waals surface area contributed by atoms with Gasteiger partial charge in [0.25, 0.3) is 5.91 Å². The first-order chi connectivity index (χ1) is 10.6. The van der Waals surface area contributed by atoms with Crippen molar-refractivity contribution >= 4 is 28.3 Å². The van der Waals surface area contributed by atoms with Gasteiger partial charge >= 0.3 is 0 Å². The van der Waals surface area contributed by atoms with Gasteiger partial charge in [-0.1, -0.05) is 0 Å². The second-order valence-electron chi connectivity index (χ2n) is 4.66. The molecule has 22 heavy (non-hydrogen) atoms. The third-order valence-electron chi connectivity index (χ3n) is 2.92. The maximum absolute atomic E-state index is 12.0. The summed E-state index contributed by atoms with van der Waals surface area (Å²) in [7, 11) is 0. The van der Waals surface area contributed by atoms with E-state index in [1.165, 1.54) is 17.6 Å². The van der Waals surface area contributed by atoms with Crippen LogP contribution in [0.15, 0.2) is 22.1 Å². The number of nitrogens with zero attached hydrogens (tertiary/aromatic N) is 1. The van der Waals surface area contributed by atoms with E-state index in [9.17, 15) is 9.59 Å². The second-order valence-corrected chi connectivity index (χ2v) is 5.52. The first-order valence-corrected chi connectivity index (χ1v) is 7.74. The zero-order chi connectivity index (χ0) is 15.9. The van der Waals surface area contributed by atoms with Crippen LogP contribution in [0.4, 0.5) is 5.13 Å². The molecule has 2 aromatic rings. The summed E-state index contributed by atoms with van der Waals surface area (Å²) in [6, 6.07) is 1.60. The topological polar surface area (TPSA) is 110 Å². The maximum Gasteiger partial charge on any atom is 0.260 e. The maximum atomic E-state index is 12.0. The molecule has 0 spiro atoms. The molecule has 0 atom stereocenters. The Kier molecular flexibility index (Phi) is 5.68. The Morgan fingerprint density at radius 3 is 2.95 bits per heavy atom. The molecule has 0 saturated heterocycles. The molecule has 7 nitrogen and oxygen atoms in total. The van der Waals surface area contributed by atoms with Crippen LogP contribution in [0.25, 0.3) is 0 Å². The van der Waals surface area contributed by atoms with Crippen LogP contribution in [-0.4, -0.2) is 29.9 Å². The Morgan fingerprint density at radius 2 is 2.27 bits per heavy atom. The molecule has 2 amide bonds. The van der Waals surface area contributed by atoms with Gasteiger partial charge in [-0.05, 0) is 26.0 Å². The van der Waals surface area contributed by atoms with Gasteiger partial charge in [0.1, 0.15) is 5.76 Å². The number of aromatic nitrogens is 1. The van der Waals surface area contributed by atoms with Gasteiger partial charge in [0, 0.05) is 11.9 Å². The summed E-state index contributed by atoms with van der Waals surface area (Å²) in [5.74, 6) is 0.162. The average molecular weight is 322 g/mol. The summed E-state index contributed by atoms with van der Waals surface area (Å²) in [5.41, 5.74) is 6.45. The number of hydrogen-bond acceptors (Lipinski definition) is 6. The van der Waals surface area contributed by atoms with Crippen molar-refractivity contribution in [3.63, 3.8) is 0 Å². The normalized spacial score (nSPS) is 10.5. The van der Waals surface area contributed by atoms with Crippen molar-refractivity contribution in [3.05, 3.63) is 34.7 Å². The molecule has 2 rings (SSSR count). The number of carbonyl (C=O) groups is 2. The lowest BCUT2D eigenvalue weighted by atomic mass is 10.2. The summed E-state index contributed by atoms with van der Waals surface area (Å²) in [5, 5.41) is 7.65. The van der Waals surface area contributed by atoms with Gasteiger partial charge < -0.3 is 15.5 Å². The molecule has 0 bridgehead atoms. The van der Waals surface area contributed by atoms with Crippen LogP contribution in [0, 0.1) is 6.92 Å². The number of nitrogens with two attached hydrogens (primary N) is 1. The van der Waals surface area contributed by atoms with Crippen LogP contribution in [0.1, 0.15) is 28.2 Å². The van der Waals surface area contributed by atoms with E-state index in [1.54, 1.807) is 18.4 Å². The van der Waals surface area contributed by atoms with Crippen molar-refractivity contribution in [1.82, 2.24) is 10.3 Å². The van der Waals surface area contributed by atoms with E-state index >= 15 is 0 Å². The van der Waals surface area contributed by atoms with E-state index in [2.05, 4.69) is 15.6 Å². The van der Waals surface area contributed by atoms with Crippen molar-refractivity contribution in [3.8, 4) is 0 Å². The predicted octanol–water partition coefficient (Wildman–Crippen LogP) is 1.30. The van der Waals surface area contributed by atoms with Crippen molar-refractivity contribution in [1.29, 1.82) is 0 Å². The number of thiazole rings is 1. The fourth-order valence-electron chi connectivity index (χ4n) is 1.79. The van der Waals surface area contributed by atoms with Crippen LogP contribution in [0.5, 0.6) is 0 Å². The molecule has 0 aliphatic rings. The fourth-order valence-corrected chi connectivity index (χ4v) is 2.49. The summed E-state index contributed by atoms with van der Waals surface area (Å²) >= 11 is 1.28. The molecule has 8 heteroatoms. The molecule has 0 radical (unpaired) electrons. The highest BCUT2D eigenvalue weighted by Crippen LogP contribution is 2.18. The minimum atomic E-state index is -0.278. The first-order valence-electron chi connectivity index (χ1n) is 6.86. The van der Waals surface area contributed by atoms with Gasteiger partial charge in [-0.3, -0.25) is 14.9 Å². The third-order valence-corrected chi connectivity index (χ3v) is 3.73. The van der Waals surface area contributed by atoms with Crippen LogP contribution in [-0.2, 0) is 11.2 Å². The molecule has 0 saturated carbocycles. The summed E-state index contributed by atoms with van der Waals surface area (Å²) in [6.45, 7) is 2.82. The molecule has 0 aromatic carbocycles. The number of carbonyl (C=O) groups excluding carboxylic acids is 2. The van der Waals surface area contributed by atoms with Crippen molar-refractivity contribution < 1.29 is 14.0 Å². The summed E-state index contributed by atoms with van der Waals surface area (Å²) in [4.78, 5) is 27.9. The zero-order valence-corrected chi connectivity index (χ0v) is 13.0. The fraction of sp³-hybridized carbons (Fsp3) is 0.357. The number of rotatable bonds is 7. The molecule has 0 aliphatic heterocycles. The molecule has 2 aromatic heterocycles. The van der Waals surface area contributed by atoms with Crippen LogP contribution < -0.4 is 16.4 Å². The number of aryl methyl sites for hydroxylation is 1. The highest BCUT2D eigenvalue weighted by Gasteiger charge is 2.14. The largest absolute Gasteiger partial charge is 0.469 e. The van der Waals surface area contributed by atoms with Gasteiger partial charge in [0.15, 0.2) is 5.13 Å². The molecule has 4 N–H and O–H groups in total. The van der Waals surface area contributed by atoms with Crippen molar-refractivity contribution in [2.75, 3.05) is 18.4 Å². The summed E-state index contributed by atoms with van der Waals surface area (Å²) < 4.78 is 5.09. The van der Waals surface area contributed by atoms with E-state index in [4.69, 9.17) is 10.2 Å². The third kappa shape index (κ3) is 4.40. The number of furan rings is 1. The zero-order valence-electron chi connectivity index (χ0n) is 12.2. The lowest BCUT2D eigenvalue weighted by Gasteiger charge is -2.02. The quantitative estimate of drug-likeness (QED) is 0.666. The van der Waals surface area contributed by atoms with Gasteiger partial charge in [0.2, 0.25) is 5.91 Å². The highest BCUT2D eigenvalue weighted by molar-refractivity contribution is 7.14. The Labute approximate surface area is 131 Å². The number of anilines is 1. The minimum Gasteiger partial charge on any atom is -0.469 e. The van der Waals surface area contributed by atoms with Crippen LogP contribution in [0.3, 0.4) is 0 Å². The standard InChI is InChI=1S/C14H18N4O3S/c1-9-11(3-6-21-9)13(20)18-14-17-10(8-22-14)7-12(19)16-5-2-4-15/h3,6,8H,2,4-5,7,15H2,1H3,(H,16,19)(H,17,18,20). The van der Waals surface area contributed by atoms with Gasteiger partial charge in [-0.15, -0.1) is 11.3 Å². The van der Waals surface area contributed by atoms with Crippen molar-refractivity contribution in [2.45, 2.75) is 19.8 Å². The van der Waals surface area contributed by atoms with Crippen LogP contribution >= 0.6 is 11.3 Å². The Balaban J connectivity index is 1.87. The predicted molar refractivity (Wildman–Crippen MR) is 83.9 cm³/mol. The molecule has 0 aliphatic carbocycles. The monoisotopic (exact) mass is 322 g/mol. The minimum absolute atomic E-state index is 0.109. The van der Waals surface area contributed by atoms with E-state index in [1.807, 2.05) is 0 Å². The van der Waals surface area contributed by atoms with Gasteiger partial charge in [-0.2, -0.15) is 0 Å². The molecule has 0 unspecified atom stereocenters. The highest BCUT2D eigenvalue weighted by atomic mass is 32.1. The SMILES string of the molecule is Cc1occc1C(=O)Nc1nc(CC(=O)NCCCN)cs1. The average Bonchev–Trinajstić information content (AvgIpc) is 3.08. The van der Waals surface area contributed by atoms with Crippen LogP contribution in [0.2, 0.25) is 0 Å². The lowest BCUT2D eigenvalue weighted by Crippen LogP contribution is -2.27. The number of amides is 2. The molecule has 118 valence electrons. The Morgan fingerprint density at radius 1 is 1.45 bits per heavy atom. The molecule has 2 heterocycles. The van der Waals surface area contributed by atoms with Crippen molar-refractivity contribution in [2.24, 2.45) is 5.73 Å². The molecular formula is C14H18N4O3S. The van der Waals surface area contributed by atoms with E-state index < -0.39 is 0 Å². The van der Waals surface area contributed by atoms with Gasteiger partial charge in [0.05, 0.1) is 23.9 Å². The van der Waals surface area contributed by atoms with E-state index in [0.29, 0.717) is 35.2 Å².